The first-order chi connectivity index (χ1) is 16.9. The number of aliphatic hydroxyl groups excluding tert-OH is 1. The van der Waals surface area contributed by atoms with E-state index in [1.54, 1.807) is 30.3 Å². The van der Waals surface area contributed by atoms with Gasteiger partial charge in [-0.15, -0.1) is 0 Å². The van der Waals surface area contributed by atoms with E-state index in [9.17, 15) is 19.8 Å². The van der Waals surface area contributed by atoms with Gasteiger partial charge in [-0.05, 0) is 53.9 Å². The molecule has 0 spiro atoms. The number of ketones is 1. The van der Waals surface area contributed by atoms with E-state index in [-0.39, 0.29) is 35.5 Å². The molecule has 1 saturated heterocycles. The lowest BCUT2D eigenvalue weighted by Gasteiger charge is -2.26. The number of carbonyl (C=O) groups is 2. The smallest absolute Gasteiger partial charge is 0.295 e. The molecule has 0 unspecified atom stereocenters. The second kappa shape index (κ2) is 8.83. The van der Waals surface area contributed by atoms with Gasteiger partial charge >= 0.3 is 0 Å². The molecular weight excluding hydrogens is 446 g/mol. The Labute approximate surface area is 202 Å². The molecule has 2 aliphatic rings. The van der Waals surface area contributed by atoms with E-state index in [1.807, 2.05) is 37.3 Å². The first kappa shape index (κ1) is 22.5. The minimum Gasteiger partial charge on any atom is -0.507 e. The van der Waals surface area contributed by atoms with Crippen LogP contribution >= 0.6 is 0 Å². The van der Waals surface area contributed by atoms with E-state index >= 15 is 0 Å². The highest BCUT2D eigenvalue weighted by molar-refractivity contribution is 6.46. The molecule has 2 heterocycles. The summed E-state index contributed by atoms with van der Waals surface area (Å²) in [6, 6.07) is 18.4. The number of benzene rings is 3. The third-order valence-corrected chi connectivity index (χ3v) is 6.42. The molecule has 1 fully saturated rings. The molecule has 7 heteroatoms. The van der Waals surface area contributed by atoms with Crippen LogP contribution in [0.3, 0.4) is 0 Å². The van der Waals surface area contributed by atoms with Crippen molar-refractivity contribution in [1.82, 2.24) is 4.90 Å². The Hall–Kier alpha value is -4.26. The number of hydrogen-bond donors (Lipinski definition) is 2. The van der Waals surface area contributed by atoms with Gasteiger partial charge in [0.15, 0.2) is 11.5 Å². The monoisotopic (exact) mass is 471 g/mol. The van der Waals surface area contributed by atoms with Crippen molar-refractivity contribution in [2.45, 2.75) is 32.0 Å². The van der Waals surface area contributed by atoms with Crippen LogP contribution < -0.4 is 9.47 Å². The second-order valence-corrected chi connectivity index (χ2v) is 8.80. The van der Waals surface area contributed by atoms with Gasteiger partial charge in [0.1, 0.15) is 17.6 Å². The van der Waals surface area contributed by atoms with Crippen molar-refractivity contribution in [3.05, 3.63) is 94.6 Å². The van der Waals surface area contributed by atoms with Gasteiger partial charge in [0, 0.05) is 18.5 Å². The first-order valence-electron chi connectivity index (χ1n) is 11.4. The molecule has 0 aliphatic carbocycles. The Morgan fingerprint density at radius 1 is 1.09 bits per heavy atom. The van der Waals surface area contributed by atoms with Gasteiger partial charge in [-0.3, -0.25) is 9.59 Å². The second-order valence-electron chi connectivity index (χ2n) is 8.80. The maximum absolute atomic E-state index is 13.3. The van der Waals surface area contributed by atoms with Crippen LogP contribution in [0.4, 0.5) is 0 Å². The Bertz CT molecular complexity index is 1350. The zero-order chi connectivity index (χ0) is 24.7. The predicted molar refractivity (Wildman–Crippen MR) is 129 cm³/mol. The molecule has 0 radical (unpaired) electrons. The SMILES string of the molecule is COc1cc([C@H]2C(=C(O)c3ccc4c(c3)C[C@H](C)O4)C(=O)C(=O)N2Cc2ccccc2)ccc1O. The molecule has 2 aliphatic heterocycles. The van der Waals surface area contributed by atoms with Crippen molar-refractivity contribution in [2.24, 2.45) is 0 Å². The van der Waals surface area contributed by atoms with E-state index in [2.05, 4.69) is 0 Å². The van der Waals surface area contributed by atoms with E-state index in [4.69, 9.17) is 9.47 Å². The van der Waals surface area contributed by atoms with Gasteiger partial charge in [0.05, 0.1) is 18.7 Å². The molecule has 1 amide bonds. The van der Waals surface area contributed by atoms with Crippen molar-refractivity contribution in [1.29, 1.82) is 0 Å². The van der Waals surface area contributed by atoms with Crippen molar-refractivity contribution in [3.8, 4) is 17.2 Å². The standard InChI is InChI=1S/C28H25NO6/c1-16-12-20-13-19(9-11-22(20)35-16)26(31)24-25(18-8-10-21(30)23(14-18)34-2)29(28(33)27(24)32)15-17-6-4-3-5-7-17/h3-11,13-14,16,25,30-31H,12,15H2,1-2H3/t16-,25-/m0/s1. The number of fused-ring (bicyclic) bond motifs is 1. The van der Waals surface area contributed by atoms with Crippen LogP contribution in [0.5, 0.6) is 17.2 Å². The number of hydrogen-bond acceptors (Lipinski definition) is 6. The summed E-state index contributed by atoms with van der Waals surface area (Å²) in [5.41, 5.74) is 2.74. The quantitative estimate of drug-likeness (QED) is 0.326. The Morgan fingerprint density at radius 2 is 1.86 bits per heavy atom. The summed E-state index contributed by atoms with van der Waals surface area (Å²) >= 11 is 0. The topological polar surface area (TPSA) is 96.3 Å². The van der Waals surface area contributed by atoms with Crippen molar-refractivity contribution in [3.63, 3.8) is 0 Å². The molecule has 0 bridgehead atoms. The van der Waals surface area contributed by atoms with Crippen molar-refractivity contribution >= 4 is 17.4 Å². The molecule has 3 aromatic rings. The number of aliphatic hydroxyl groups is 1. The number of aromatic hydroxyl groups is 1. The van der Waals surface area contributed by atoms with Gasteiger partial charge in [-0.2, -0.15) is 0 Å². The average Bonchev–Trinajstić information content (AvgIpc) is 3.35. The molecule has 0 saturated carbocycles. The molecule has 35 heavy (non-hydrogen) atoms. The van der Waals surface area contributed by atoms with Gasteiger partial charge in [-0.1, -0.05) is 36.4 Å². The van der Waals surface area contributed by atoms with Crippen molar-refractivity contribution in [2.75, 3.05) is 7.11 Å². The number of amides is 1. The molecule has 0 aromatic heterocycles. The number of Topliss-reactive ketones (excluding diaryl/α,β-unsaturated/α-hetero) is 1. The fraction of sp³-hybridized carbons (Fsp3) is 0.214. The molecule has 2 atom stereocenters. The summed E-state index contributed by atoms with van der Waals surface area (Å²) in [5, 5.41) is 21.5. The third-order valence-electron chi connectivity index (χ3n) is 6.42. The summed E-state index contributed by atoms with van der Waals surface area (Å²) in [7, 11) is 1.42. The highest BCUT2D eigenvalue weighted by Gasteiger charge is 2.46. The summed E-state index contributed by atoms with van der Waals surface area (Å²) in [4.78, 5) is 28.0. The lowest BCUT2D eigenvalue weighted by molar-refractivity contribution is -0.140. The summed E-state index contributed by atoms with van der Waals surface area (Å²) in [5.74, 6) is -0.830. The molecule has 2 N–H and O–H groups in total. The van der Waals surface area contributed by atoms with E-state index in [0.29, 0.717) is 17.5 Å². The molecule has 7 nitrogen and oxygen atoms in total. The zero-order valence-electron chi connectivity index (χ0n) is 19.4. The van der Waals surface area contributed by atoms with E-state index < -0.39 is 17.7 Å². The highest BCUT2D eigenvalue weighted by Crippen LogP contribution is 2.43. The number of likely N-dealkylation sites (tertiary alicyclic amines) is 1. The average molecular weight is 472 g/mol. The van der Waals surface area contributed by atoms with Crippen LogP contribution in [-0.2, 0) is 22.6 Å². The van der Waals surface area contributed by atoms with Crippen LogP contribution in [0, 0.1) is 0 Å². The number of nitrogens with zero attached hydrogens (tertiary/aromatic N) is 1. The Kier molecular flexibility index (Phi) is 5.68. The number of ether oxygens (including phenoxy) is 2. The third kappa shape index (κ3) is 3.99. The van der Waals surface area contributed by atoms with Crippen molar-refractivity contribution < 1.29 is 29.3 Å². The minimum absolute atomic E-state index is 0.00872. The van der Waals surface area contributed by atoms with Gasteiger partial charge in [0.25, 0.3) is 11.7 Å². The van der Waals surface area contributed by atoms with Crippen LogP contribution in [0.1, 0.15) is 35.2 Å². The number of rotatable bonds is 5. The fourth-order valence-electron chi connectivity index (χ4n) is 4.76. The van der Waals surface area contributed by atoms with Crippen LogP contribution in [-0.4, -0.2) is 40.0 Å². The zero-order valence-corrected chi connectivity index (χ0v) is 19.4. The number of carbonyl (C=O) groups excluding carboxylic acids is 2. The van der Waals surface area contributed by atoms with E-state index in [1.165, 1.54) is 18.1 Å². The summed E-state index contributed by atoms with van der Waals surface area (Å²) < 4.78 is 11.0. The number of phenolic OH excluding ortho intramolecular Hbond substituents is 1. The van der Waals surface area contributed by atoms with Crippen LogP contribution in [0.15, 0.2) is 72.3 Å². The van der Waals surface area contributed by atoms with Crippen LogP contribution in [0.2, 0.25) is 0 Å². The first-order valence-corrected chi connectivity index (χ1v) is 11.4. The Balaban J connectivity index is 1.65. The maximum Gasteiger partial charge on any atom is 0.295 e. The number of methoxy groups -OCH3 is 1. The Morgan fingerprint density at radius 3 is 2.60 bits per heavy atom. The van der Waals surface area contributed by atoms with Crippen LogP contribution in [0.25, 0.3) is 5.76 Å². The summed E-state index contributed by atoms with van der Waals surface area (Å²) in [6.07, 6.45) is 0.723. The largest absolute Gasteiger partial charge is 0.507 e. The lowest BCUT2D eigenvalue weighted by Crippen LogP contribution is -2.29. The lowest BCUT2D eigenvalue weighted by atomic mass is 9.94. The molecule has 3 aromatic carbocycles. The number of phenols is 1. The van der Waals surface area contributed by atoms with Gasteiger partial charge in [0.2, 0.25) is 0 Å². The predicted octanol–water partition coefficient (Wildman–Crippen LogP) is 4.35. The van der Waals surface area contributed by atoms with Gasteiger partial charge in [-0.25, -0.2) is 0 Å². The van der Waals surface area contributed by atoms with E-state index in [0.717, 1.165) is 16.9 Å². The molecule has 178 valence electrons. The maximum atomic E-state index is 13.3. The fourth-order valence-corrected chi connectivity index (χ4v) is 4.76. The highest BCUT2D eigenvalue weighted by atomic mass is 16.5. The normalized spacial score (nSPS) is 20.6. The molecular formula is C28H25NO6. The molecule has 5 rings (SSSR count). The van der Waals surface area contributed by atoms with Gasteiger partial charge < -0.3 is 24.6 Å². The minimum atomic E-state index is -0.867. The summed E-state index contributed by atoms with van der Waals surface area (Å²) in [6.45, 7) is 2.14.